The number of hydrogen-bond acceptors (Lipinski definition) is 11. The highest BCUT2D eigenvalue weighted by Crippen LogP contribution is 2.41. The van der Waals surface area contributed by atoms with Gasteiger partial charge in [0.05, 0.1) is 11.0 Å². The van der Waals surface area contributed by atoms with Crippen LogP contribution in [-0.4, -0.2) is 44.4 Å². The van der Waals surface area contributed by atoms with E-state index >= 15 is 0 Å². The van der Waals surface area contributed by atoms with Crippen molar-refractivity contribution in [2.45, 2.75) is 27.7 Å². The first-order valence-electron chi connectivity index (χ1n) is 28.2. The molecule has 17 rings (SSSR count). The second-order valence-corrected chi connectivity index (χ2v) is 23.3. The van der Waals surface area contributed by atoms with Crippen molar-refractivity contribution < 1.29 is 4.42 Å². The number of furan rings is 1. The zero-order valence-electron chi connectivity index (χ0n) is 47.4. The van der Waals surface area contributed by atoms with Crippen molar-refractivity contribution >= 4 is 107 Å². The largest absolute Gasteiger partial charge is 0.456 e. The fraction of sp³-hybridized carbons (Fsp3) is 0.0541. The highest BCUT2D eigenvalue weighted by atomic mass is 32.1. The molecule has 0 aliphatic rings. The molecular formula is C74H53N9OS2. The topological polar surface area (TPSA) is 121 Å². The van der Waals surface area contributed by atoms with Gasteiger partial charge in [0, 0.05) is 139 Å². The molecule has 412 valence electrons. The zero-order valence-corrected chi connectivity index (χ0v) is 49.1. The van der Waals surface area contributed by atoms with Crippen LogP contribution in [0.4, 0.5) is 0 Å². The summed E-state index contributed by atoms with van der Waals surface area (Å²) in [6.07, 6.45) is 21.0. The van der Waals surface area contributed by atoms with Crippen molar-refractivity contribution in [2.24, 2.45) is 0 Å². The van der Waals surface area contributed by atoms with Gasteiger partial charge in [-0.3, -0.25) is 0 Å². The Bertz CT molecular complexity index is 5120. The highest BCUT2D eigenvalue weighted by Gasteiger charge is 2.16. The molecule has 10 nitrogen and oxygen atoms in total. The van der Waals surface area contributed by atoms with Crippen molar-refractivity contribution in [3.05, 3.63) is 273 Å². The van der Waals surface area contributed by atoms with Crippen LogP contribution in [0.3, 0.4) is 0 Å². The molecule has 0 aliphatic heterocycles. The minimum Gasteiger partial charge on any atom is -0.456 e. The number of aryl methyl sites for hydroxylation is 4. The van der Waals surface area contributed by atoms with Crippen molar-refractivity contribution in [3.8, 4) is 50.2 Å². The molecule has 0 saturated heterocycles. The molecule has 0 radical (unpaired) electrons. The Morgan fingerprint density at radius 2 is 0.744 bits per heavy atom. The Morgan fingerprint density at radius 3 is 1.34 bits per heavy atom. The molecule has 8 heterocycles. The van der Waals surface area contributed by atoms with Crippen LogP contribution in [0, 0.1) is 27.7 Å². The Labute approximate surface area is 503 Å². The molecule has 17 aromatic rings. The Morgan fingerprint density at radius 1 is 0.291 bits per heavy atom. The van der Waals surface area contributed by atoms with E-state index in [0.717, 1.165) is 49.9 Å². The van der Waals surface area contributed by atoms with E-state index in [1.165, 1.54) is 113 Å². The first-order valence-corrected chi connectivity index (χ1v) is 29.8. The fourth-order valence-electron chi connectivity index (χ4n) is 11.6. The minimum absolute atomic E-state index is 0.899. The molecule has 0 bridgehead atoms. The number of aromatic nitrogens is 9. The van der Waals surface area contributed by atoms with Crippen molar-refractivity contribution in [1.82, 2.24) is 44.4 Å². The average Bonchev–Trinajstić information content (AvgIpc) is 3.27. The van der Waals surface area contributed by atoms with Crippen molar-refractivity contribution in [2.75, 3.05) is 0 Å². The molecule has 12 heteroatoms. The van der Waals surface area contributed by atoms with Gasteiger partial charge in [-0.25, -0.2) is 39.9 Å². The lowest BCUT2D eigenvalue weighted by molar-refractivity contribution is 0.669. The van der Waals surface area contributed by atoms with Crippen LogP contribution in [0.5, 0.6) is 0 Å². The van der Waals surface area contributed by atoms with Crippen LogP contribution < -0.4 is 0 Å². The van der Waals surface area contributed by atoms with E-state index in [-0.39, 0.29) is 0 Å². The van der Waals surface area contributed by atoms with Gasteiger partial charge in [0.1, 0.15) is 36.5 Å². The number of nitrogens with zero attached hydrogens (tertiary/aromatic N) is 9. The van der Waals surface area contributed by atoms with Gasteiger partial charge in [-0.1, -0.05) is 97.1 Å². The molecule has 9 aromatic carbocycles. The molecule has 0 unspecified atom stereocenters. The number of rotatable bonds is 5. The molecule has 8 aromatic heterocycles. The van der Waals surface area contributed by atoms with E-state index < -0.39 is 0 Å². The summed E-state index contributed by atoms with van der Waals surface area (Å²) < 4.78 is 13.6. The van der Waals surface area contributed by atoms with Gasteiger partial charge in [-0.2, -0.15) is 0 Å². The molecule has 0 N–H and O–H groups in total. The second kappa shape index (κ2) is 23.2. The number of para-hydroxylation sites is 1. The maximum absolute atomic E-state index is 5.95. The van der Waals surface area contributed by atoms with Gasteiger partial charge >= 0.3 is 0 Å². The molecular weight excluding hydrogens is 1100 g/mol. The zero-order chi connectivity index (χ0) is 58.1. The van der Waals surface area contributed by atoms with Gasteiger partial charge in [0.2, 0.25) is 0 Å². The minimum atomic E-state index is 0.899. The Hall–Kier alpha value is -10.7. The Kier molecular flexibility index (Phi) is 14.4. The number of hydrogen-bond donors (Lipinski definition) is 0. The number of fused-ring (bicyclic) bond motifs is 12. The first-order chi connectivity index (χ1) is 42.3. The standard InChI is InChI=1S/C23H17N3.C17H12N2O.2C17H12N2S/c1-16-6-5-9-22-23(16)20-12-17(18-13-24-15-25-14-18)10-11-21(20)26(22)19-7-3-2-4-8-19;1-11-3-2-4-15-17(11)14-6-5-12(7-16(14)20-15)13-8-18-10-19-9-13;1-11-3-2-4-16-17(11)14-7-12(5-6-15(14)20-16)13-8-18-10-19-9-13;1-11-3-2-4-15-17(11)14-6-5-12(7-16(14)20-15)13-8-18-10-19-9-13/h2-15H,1H3;3*2-10H,1H3. The van der Waals surface area contributed by atoms with Crippen molar-refractivity contribution in [1.29, 1.82) is 0 Å². The smallest absolute Gasteiger partial charge is 0.136 e. The van der Waals surface area contributed by atoms with E-state index in [0.29, 0.717) is 0 Å². The lowest BCUT2D eigenvalue weighted by Crippen LogP contribution is -1.93. The molecule has 0 atom stereocenters. The predicted octanol–water partition coefficient (Wildman–Crippen LogP) is 19.5. The van der Waals surface area contributed by atoms with Gasteiger partial charge in [0.25, 0.3) is 0 Å². The van der Waals surface area contributed by atoms with E-state index in [1.54, 1.807) is 19.0 Å². The fourth-order valence-corrected chi connectivity index (χ4v) is 14.0. The summed E-state index contributed by atoms with van der Waals surface area (Å²) in [6.45, 7) is 8.63. The normalized spacial score (nSPS) is 11.3. The molecule has 0 amide bonds. The number of benzene rings is 9. The quantitative estimate of drug-likeness (QED) is 0.166. The van der Waals surface area contributed by atoms with Gasteiger partial charge in [0.15, 0.2) is 0 Å². The van der Waals surface area contributed by atoms with E-state index in [4.69, 9.17) is 4.42 Å². The summed E-state index contributed by atoms with van der Waals surface area (Å²) in [5.74, 6) is 0. The monoisotopic (exact) mass is 1150 g/mol. The summed E-state index contributed by atoms with van der Waals surface area (Å²) in [7, 11) is 0. The Balaban J connectivity index is 0.000000102. The molecule has 0 saturated carbocycles. The van der Waals surface area contributed by atoms with Crippen LogP contribution in [0.1, 0.15) is 22.3 Å². The summed E-state index contributed by atoms with van der Waals surface area (Å²) >= 11 is 3.69. The maximum Gasteiger partial charge on any atom is 0.136 e. The van der Waals surface area contributed by atoms with Gasteiger partial charge < -0.3 is 8.98 Å². The highest BCUT2D eigenvalue weighted by molar-refractivity contribution is 7.26. The van der Waals surface area contributed by atoms with E-state index in [9.17, 15) is 0 Å². The van der Waals surface area contributed by atoms with Crippen LogP contribution >= 0.6 is 22.7 Å². The number of thiophene rings is 2. The van der Waals surface area contributed by atoms with Crippen LogP contribution in [-0.2, 0) is 0 Å². The van der Waals surface area contributed by atoms with Crippen LogP contribution in [0.25, 0.3) is 134 Å². The third-order valence-corrected chi connectivity index (χ3v) is 18.0. The maximum atomic E-state index is 5.95. The van der Waals surface area contributed by atoms with Crippen LogP contribution in [0.2, 0.25) is 0 Å². The summed E-state index contributed by atoms with van der Waals surface area (Å²) in [5, 5.41) is 10.3. The molecule has 0 fully saturated rings. The van der Waals surface area contributed by atoms with Crippen LogP contribution in [0.15, 0.2) is 255 Å². The summed E-state index contributed by atoms with van der Waals surface area (Å²) in [6, 6.07) is 62.2. The summed E-state index contributed by atoms with van der Waals surface area (Å²) in [4.78, 5) is 32.8. The first kappa shape index (κ1) is 53.4. The lowest BCUT2D eigenvalue weighted by Gasteiger charge is -2.08. The lowest BCUT2D eigenvalue weighted by atomic mass is 10.0. The van der Waals surface area contributed by atoms with Crippen molar-refractivity contribution in [3.63, 3.8) is 0 Å². The SMILES string of the molecule is Cc1cccc2c1c1cc(-c3cncnc3)ccc1n2-c1ccccc1.Cc1cccc2oc3cc(-c4cncnc4)ccc3c12.Cc1cccc2sc3cc(-c4cncnc4)ccc3c12.Cc1cccc2sc3ccc(-c4cncnc4)cc3c12. The van der Waals surface area contributed by atoms with Gasteiger partial charge in [-0.15, -0.1) is 22.7 Å². The molecule has 0 spiro atoms. The average molecular weight is 1150 g/mol. The van der Waals surface area contributed by atoms with E-state index in [1.807, 2.05) is 90.4 Å². The molecule has 86 heavy (non-hydrogen) atoms. The summed E-state index contributed by atoms with van der Waals surface area (Å²) in [5.41, 5.74) is 19.3. The third kappa shape index (κ3) is 10.3. The second-order valence-electron chi connectivity index (χ2n) is 21.2. The van der Waals surface area contributed by atoms with E-state index in [2.05, 4.69) is 230 Å². The molecule has 0 aliphatic carbocycles. The van der Waals surface area contributed by atoms with Gasteiger partial charge in [-0.05, 0) is 151 Å². The predicted molar refractivity (Wildman–Crippen MR) is 356 cm³/mol. The third-order valence-electron chi connectivity index (χ3n) is 15.7.